The molecule has 1 aliphatic carbocycles. The van der Waals surface area contributed by atoms with E-state index < -0.39 is 6.03 Å². The van der Waals surface area contributed by atoms with E-state index in [0.29, 0.717) is 30.8 Å². The van der Waals surface area contributed by atoms with Crippen LogP contribution in [-0.2, 0) is 17.8 Å². The molecule has 2 aromatic heterocycles. The maximum absolute atomic E-state index is 12.6. The lowest BCUT2D eigenvalue weighted by Gasteiger charge is -2.08. The molecule has 2 aromatic rings. The van der Waals surface area contributed by atoms with Gasteiger partial charge in [0.25, 0.3) is 5.56 Å². The van der Waals surface area contributed by atoms with E-state index in [-0.39, 0.29) is 5.56 Å². The first-order valence-electron chi connectivity index (χ1n) is 8.47. The number of hydrogen-bond acceptors (Lipinski definition) is 5. The van der Waals surface area contributed by atoms with Crippen molar-refractivity contribution < 1.29 is 9.53 Å². The lowest BCUT2D eigenvalue weighted by atomic mass is 10.1. The molecule has 1 unspecified atom stereocenters. The van der Waals surface area contributed by atoms with Crippen LogP contribution in [0.4, 0.5) is 4.79 Å². The molecule has 1 N–H and O–H groups in total. The number of carbonyl (C=O) groups is 1. The molecule has 1 amide bonds. The lowest BCUT2D eigenvalue weighted by molar-refractivity contribution is 0.186. The summed E-state index contributed by atoms with van der Waals surface area (Å²) in [4.78, 5) is 29.2. The van der Waals surface area contributed by atoms with Gasteiger partial charge in [-0.3, -0.25) is 4.79 Å². The average molecular weight is 374 g/mol. The van der Waals surface area contributed by atoms with Crippen molar-refractivity contribution in [3.63, 3.8) is 0 Å². The lowest BCUT2D eigenvalue weighted by Crippen LogP contribution is -2.40. The van der Waals surface area contributed by atoms with Gasteiger partial charge in [0, 0.05) is 19.9 Å². The Labute approximate surface area is 155 Å². The quantitative estimate of drug-likeness (QED) is 0.834. The first-order chi connectivity index (χ1) is 12.6. The fourth-order valence-corrected chi connectivity index (χ4v) is 3.63. The second-order valence-corrected chi connectivity index (χ2v) is 7.15. The Hall–Kier alpha value is -2.45. The summed E-state index contributed by atoms with van der Waals surface area (Å²) < 4.78 is 8.99. The van der Waals surface area contributed by atoms with Gasteiger partial charge >= 0.3 is 6.03 Å². The van der Waals surface area contributed by atoms with Crippen LogP contribution in [0.1, 0.15) is 19.0 Å². The molecule has 0 saturated carbocycles. The number of methoxy groups -OCH3 is 1. The number of nitrogens with zero attached hydrogens (tertiary/aromatic N) is 3. The predicted octanol–water partition coefficient (Wildman–Crippen LogP) is 0.668. The zero-order chi connectivity index (χ0) is 18.5. The van der Waals surface area contributed by atoms with E-state index in [9.17, 15) is 9.59 Å². The van der Waals surface area contributed by atoms with Crippen molar-refractivity contribution in [2.45, 2.75) is 26.4 Å². The number of fused-ring (bicyclic) bond motifs is 1. The normalized spacial score (nSPS) is 16.2. The molecule has 26 heavy (non-hydrogen) atoms. The Morgan fingerprint density at radius 1 is 1.50 bits per heavy atom. The molecule has 138 valence electrons. The molecule has 7 nitrogen and oxygen atoms in total. The highest BCUT2D eigenvalue weighted by Gasteiger charge is 2.13. The Balaban J connectivity index is 1.78. The zero-order valence-electron chi connectivity index (χ0n) is 14.8. The first-order valence-corrected chi connectivity index (χ1v) is 9.24. The number of rotatable bonds is 5. The van der Waals surface area contributed by atoms with Gasteiger partial charge in [-0.1, -0.05) is 25.2 Å². The molecule has 0 fully saturated rings. The van der Waals surface area contributed by atoms with Crippen LogP contribution in [0.25, 0.3) is 12.2 Å². The molecule has 1 aliphatic rings. The van der Waals surface area contributed by atoms with Gasteiger partial charge in [0.05, 0.1) is 34.9 Å². The van der Waals surface area contributed by atoms with Crippen molar-refractivity contribution >= 4 is 29.7 Å². The zero-order valence-corrected chi connectivity index (χ0v) is 15.7. The van der Waals surface area contributed by atoms with Crippen molar-refractivity contribution in [2.24, 2.45) is 5.92 Å². The molecule has 1 atom stereocenters. The van der Waals surface area contributed by atoms with Crippen LogP contribution in [0.3, 0.4) is 0 Å². The maximum Gasteiger partial charge on any atom is 0.338 e. The maximum atomic E-state index is 12.6. The van der Waals surface area contributed by atoms with Crippen LogP contribution in [-0.4, -0.2) is 33.3 Å². The largest absolute Gasteiger partial charge is 0.383 e. The van der Waals surface area contributed by atoms with Gasteiger partial charge in [-0.2, -0.15) is 3.96 Å². The third-order valence-electron chi connectivity index (χ3n) is 4.19. The highest BCUT2D eigenvalue weighted by molar-refractivity contribution is 7.05. The topological polar surface area (TPSA) is 78.2 Å². The van der Waals surface area contributed by atoms with Gasteiger partial charge in [0.15, 0.2) is 0 Å². The molecular formula is C18H22N4O3S. The molecule has 3 rings (SSSR count). The fourth-order valence-electron chi connectivity index (χ4n) is 2.68. The minimum Gasteiger partial charge on any atom is -0.383 e. The van der Waals surface area contributed by atoms with Crippen LogP contribution in [0, 0.1) is 5.92 Å². The second-order valence-electron chi connectivity index (χ2n) is 6.17. The first kappa shape index (κ1) is 18.3. The van der Waals surface area contributed by atoms with Crippen LogP contribution in [0.15, 0.2) is 29.5 Å². The summed E-state index contributed by atoms with van der Waals surface area (Å²) in [6, 6.07) is -0.426. The summed E-state index contributed by atoms with van der Waals surface area (Å²) >= 11 is 1.18. The van der Waals surface area contributed by atoms with Gasteiger partial charge in [-0.05, 0) is 29.9 Å². The Bertz CT molecular complexity index is 983. The van der Waals surface area contributed by atoms with Gasteiger partial charge < -0.3 is 14.6 Å². The molecule has 2 heterocycles. The number of ether oxygens (including phenoxy) is 1. The molecular weight excluding hydrogens is 352 g/mol. The number of hydrogen-bond donors (Lipinski definition) is 1. The third-order valence-corrected chi connectivity index (χ3v) is 5.29. The molecule has 0 aromatic carbocycles. The van der Waals surface area contributed by atoms with E-state index in [1.54, 1.807) is 25.7 Å². The predicted molar refractivity (Wildman–Crippen MR) is 101 cm³/mol. The standard InChI is InChI=1S/C18H22N4O3S/c1-13-4-3-5-15-16(7-6-13)26-22(17(15)23)18(24)20-11-14-10-19-12-21(14)8-9-25-2/h3-5,7,10,12-13H,6,8-9,11H2,1-2H3,(H,20,24). The summed E-state index contributed by atoms with van der Waals surface area (Å²) in [6.45, 7) is 3.63. The van der Waals surface area contributed by atoms with Crippen LogP contribution in [0.2, 0.25) is 0 Å². The average Bonchev–Trinajstić information content (AvgIpc) is 3.19. The molecule has 0 saturated heterocycles. The summed E-state index contributed by atoms with van der Waals surface area (Å²) in [6.07, 6.45) is 12.0. The highest BCUT2D eigenvalue weighted by Crippen LogP contribution is 2.05. The van der Waals surface area contributed by atoms with Crippen LogP contribution >= 0.6 is 11.5 Å². The molecule has 0 bridgehead atoms. The van der Waals surface area contributed by atoms with Gasteiger partial charge in [0.1, 0.15) is 0 Å². The highest BCUT2D eigenvalue weighted by atomic mass is 32.1. The number of allylic oxidation sites excluding steroid dienone is 2. The molecule has 0 aliphatic heterocycles. The molecule has 0 spiro atoms. The summed E-state index contributed by atoms with van der Waals surface area (Å²) in [5.74, 6) is 0.409. The van der Waals surface area contributed by atoms with Gasteiger partial charge in [-0.15, -0.1) is 0 Å². The number of imidazole rings is 1. The molecule has 8 heteroatoms. The summed E-state index contributed by atoms with van der Waals surface area (Å²) in [5.41, 5.74) is 0.569. The van der Waals surface area contributed by atoms with Gasteiger partial charge in [0.2, 0.25) is 0 Å². The smallest absolute Gasteiger partial charge is 0.338 e. The van der Waals surface area contributed by atoms with Crippen LogP contribution < -0.4 is 20.6 Å². The minimum atomic E-state index is -0.426. The van der Waals surface area contributed by atoms with E-state index in [1.807, 2.05) is 16.7 Å². The number of aromatic nitrogens is 3. The second kappa shape index (κ2) is 8.29. The third kappa shape index (κ3) is 4.03. The monoisotopic (exact) mass is 374 g/mol. The Kier molecular flexibility index (Phi) is 5.85. The molecule has 0 radical (unpaired) electrons. The number of nitrogens with one attached hydrogen (secondary N) is 1. The van der Waals surface area contributed by atoms with E-state index in [0.717, 1.165) is 16.6 Å². The SMILES string of the molecule is COCCn1cncc1CNC(=O)n1sc2c(c1=O)=CC=CC(C)CC=2. The van der Waals surface area contributed by atoms with Crippen molar-refractivity contribution in [1.29, 1.82) is 0 Å². The van der Waals surface area contributed by atoms with E-state index >= 15 is 0 Å². The van der Waals surface area contributed by atoms with Crippen molar-refractivity contribution in [2.75, 3.05) is 13.7 Å². The number of carbonyl (C=O) groups excluding carboxylic acids is 1. The van der Waals surface area contributed by atoms with Crippen molar-refractivity contribution in [3.8, 4) is 0 Å². The van der Waals surface area contributed by atoms with E-state index in [1.165, 1.54) is 15.5 Å². The van der Waals surface area contributed by atoms with Crippen LogP contribution in [0.5, 0.6) is 0 Å². The van der Waals surface area contributed by atoms with Crippen molar-refractivity contribution in [3.05, 3.63) is 50.5 Å². The Morgan fingerprint density at radius 2 is 2.35 bits per heavy atom. The minimum absolute atomic E-state index is 0.286. The fraction of sp³-hybridized carbons (Fsp3) is 0.389. The summed E-state index contributed by atoms with van der Waals surface area (Å²) in [7, 11) is 1.64. The van der Waals surface area contributed by atoms with Crippen molar-refractivity contribution in [1.82, 2.24) is 18.8 Å². The Morgan fingerprint density at radius 3 is 3.15 bits per heavy atom. The van der Waals surface area contributed by atoms with E-state index in [4.69, 9.17) is 4.74 Å². The summed E-state index contributed by atoms with van der Waals surface area (Å²) in [5, 5.41) is 3.36. The van der Waals surface area contributed by atoms with Gasteiger partial charge in [-0.25, -0.2) is 9.78 Å². The van der Waals surface area contributed by atoms with E-state index in [2.05, 4.69) is 23.3 Å². The number of amides is 1.